The second kappa shape index (κ2) is 10.8. The minimum atomic E-state index is 0.711. The van der Waals surface area contributed by atoms with Gasteiger partial charge in [-0.3, -0.25) is 0 Å². The fourth-order valence-electron chi connectivity index (χ4n) is 6.33. The number of benzene rings is 1. The van der Waals surface area contributed by atoms with Crippen LogP contribution < -0.4 is 5.73 Å². The molecule has 0 amide bonds. The Labute approximate surface area is 256 Å². The third kappa shape index (κ3) is 4.81. The van der Waals surface area contributed by atoms with Crippen LogP contribution in [0.25, 0.3) is 26.2 Å². The number of nitrogen functional groups attached to an aromatic ring is 1. The number of anilines is 1. The predicted molar refractivity (Wildman–Crippen MR) is 178 cm³/mol. The molecule has 1 nitrogen and oxygen atoms in total. The number of hydrogen-bond acceptors (Lipinski definition) is 5. The number of nitrogens with two attached hydrogens (primary N) is 1. The van der Waals surface area contributed by atoms with E-state index in [9.17, 15) is 0 Å². The van der Waals surface area contributed by atoms with Gasteiger partial charge in [-0.1, -0.05) is 41.8 Å². The first-order chi connectivity index (χ1) is 19.0. The summed E-state index contributed by atoms with van der Waals surface area (Å²) in [6.07, 6.45) is 17.7. The molecule has 0 aliphatic heterocycles. The molecule has 4 aromatic heterocycles. The van der Waals surface area contributed by atoms with Gasteiger partial charge in [0.15, 0.2) is 0 Å². The van der Waals surface area contributed by atoms with Crippen molar-refractivity contribution in [3.05, 3.63) is 74.9 Å². The molecule has 1 aromatic carbocycles. The van der Waals surface area contributed by atoms with Gasteiger partial charge in [0, 0.05) is 57.4 Å². The summed E-state index contributed by atoms with van der Waals surface area (Å²) in [5.41, 5.74) is 12.1. The van der Waals surface area contributed by atoms with Gasteiger partial charge in [-0.15, -0.1) is 45.3 Å². The van der Waals surface area contributed by atoms with E-state index in [2.05, 4.69) is 31.2 Å². The Morgan fingerprint density at radius 1 is 0.744 bits per heavy atom. The van der Waals surface area contributed by atoms with Gasteiger partial charge in [0.2, 0.25) is 0 Å². The van der Waals surface area contributed by atoms with Crippen LogP contribution in [-0.4, -0.2) is 0 Å². The lowest BCUT2D eigenvalue weighted by molar-refractivity contribution is 0.712. The largest absolute Gasteiger partial charge is 0.389 e. The van der Waals surface area contributed by atoms with E-state index in [0.29, 0.717) is 5.00 Å². The van der Waals surface area contributed by atoms with Crippen molar-refractivity contribution in [1.82, 2.24) is 0 Å². The molecule has 7 rings (SSSR count). The highest BCUT2D eigenvalue weighted by Gasteiger charge is 2.26. The molecule has 2 N–H and O–H groups in total. The summed E-state index contributed by atoms with van der Waals surface area (Å²) in [5.74, 6) is 0. The predicted octanol–water partition coefficient (Wildman–Crippen LogP) is 11.6. The van der Waals surface area contributed by atoms with E-state index < -0.39 is 0 Å². The Morgan fingerprint density at radius 3 is 2.26 bits per heavy atom. The SMILES string of the molecule is Cc1sc2c(Cc3cc4c(s3)CCCCC4)c3c(Cl)c(N)sc3c(Cc3cc4c(s3)CCCCC=C4)c2c1Cl. The van der Waals surface area contributed by atoms with Gasteiger partial charge >= 0.3 is 0 Å². The quantitative estimate of drug-likeness (QED) is 0.197. The second-order valence-electron chi connectivity index (χ2n) is 10.9. The first-order valence-corrected chi connectivity index (χ1v) is 18.0. The minimum absolute atomic E-state index is 0.711. The van der Waals surface area contributed by atoms with Gasteiger partial charge in [-0.05, 0) is 92.7 Å². The monoisotopic (exact) mass is 627 g/mol. The Morgan fingerprint density at radius 2 is 1.41 bits per heavy atom. The zero-order chi connectivity index (χ0) is 26.7. The fraction of sp³-hybridized carbons (Fsp3) is 0.375. The maximum absolute atomic E-state index is 7.13. The molecule has 5 aromatic rings. The zero-order valence-electron chi connectivity index (χ0n) is 22.1. The fourth-order valence-corrected chi connectivity index (χ4v) is 11.7. The Kier molecular flexibility index (Phi) is 7.36. The summed E-state index contributed by atoms with van der Waals surface area (Å²) in [4.78, 5) is 7.11. The number of thiophene rings is 4. The second-order valence-corrected chi connectivity index (χ2v) is 16.4. The standard InChI is InChI=1S/C32H31Cl2NS4/c1-17-28(33)26-22(15-20-13-18-9-5-2-3-7-11-24(18)37-20)31-27(29(34)32(35)39-31)23(30(26)36-17)16-21-14-19-10-6-4-8-12-25(19)38-21/h5,9,13-14H,2-4,6-8,10-12,15-16,35H2,1H3. The Bertz CT molecular complexity index is 1720. The third-order valence-corrected chi connectivity index (χ3v) is 14.0. The topological polar surface area (TPSA) is 26.0 Å². The highest BCUT2D eigenvalue weighted by atomic mass is 35.5. The summed E-state index contributed by atoms with van der Waals surface area (Å²) < 4.78 is 2.51. The van der Waals surface area contributed by atoms with E-state index in [1.165, 1.54) is 109 Å². The molecule has 4 heterocycles. The van der Waals surface area contributed by atoms with E-state index in [0.717, 1.165) is 28.3 Å². The summed E-state index contributed by atoms with van der Waals surface area (Å²) in [6.45, 7) is 2.15. The van der Waals surface area contributed by atoms with E-state index in [-0.39, 0.29) is 0 Å². The molecule has 0 saturated heterocycles. The lowest BCUT2D eigenvalue weighted by atomic mass is 9.96. The van der Waals surface area contributed by atoms with Crippen molar-refractivity contribution in [3.63, 3.8) is 0 Å². The number of allylic oxidation sites excluding steroid dienone is 1. The smallest absolute Gasteiger partial charge is 0.106 e. The number of fused-ring (bicyclic) bond motifs is 4. The van der Waals surface area contributed by atoms with E-state index >= 15 is 0 Å². The van der Waals surface area contributed by atoms with Crippen LogP contribution in [0.3, 0.4) is 0 Å². The third-order valence-electron chi connectivity index (χ3n) is 8.25. The van der Waals surface area contributed by atoms with Crippen molar-refractivity contribution in [2.45, 2.75) is 77.6 Å². The van der Waals surface area contributed by atoms with Gasteiger partial charge in [0.05, 0.1) is 10.0 Å². The van der Waals surface area contributed by atoms with Gasteiger partial charge in [-0.25, -0.2) is 0 Å². The van der Waals surface area contributed by atoms with Crippen LogP contribution in [0.2, 0.25) is 10.0 Å². The van der Waals surface area contributed by atoms with E-state index in [1.807, 2.05) is 34.0 Å². The Hall–Kier alpha value is -1.34. The molecule has 0 bridgehead atoms. The van der Waals surface area contributed by atoms with Gasteiger partial charge in [-0.2, -0.15) is 0 Å². The first kappa shape index (κ1) is 26.6. The summed E-state index contributed by atoms with van der Waals surface area (Å²) in [7, 11) is 0. The van der Waals surface area contributed by atoms with Crippen molar-refractivity contribution in [2.75, 3.05) is 5.73 Å². The molecule has 0 fully saturated rings. The molecule has 0 atom stereocenters. The van der Waals surface area contributed by atoms with Crippen LogP contribution in [0.15, 0.2) is 18.2 Å². The number of rotatable bonds is 4. The molecule has 0 unspecified atom stereocenters. The highest BCUT2D eigenvalue weighted by Crippen LogP contribution is 2.51. The van der Waals surface area contributed by atoms with Crippen molar-refractivity contribution in [1.29, 1.82) is 0 Å². The van der Waals surface area contributed by atoms with Crippen LogP contribution in [0.5, 0.6) is 0 Å². The van der Waals surface area contributed by atoms with E-state index in [4.69, 9.17) is 28.9 Å². The molecule has 0 radical (unpaired) electrons. The van der Waals surface area contributed by atoms with Crippen molar-refractivity contribution < 1.29 is 0 Å². The van der Waals surface area contributed by atoms with Gasteiger partial charge in [0.1, 0.15) is 5.00 Å². The lowest BCUT2D eigenvalue weighted by Gasteiger charge is -2.12. The molecule has 202 valence electrons. The van der Waals surface area contributed by atoms with Crippen molar-refractivity contribution in [3.8, 4) is 0 Å². The van der Waals surface area contributed by atoms with Crippen LogP contribution in [0, 0.1) is 6.92 Å². The van der Waals surface area contributed by atoms with Crippen LogP contribution >= 0.6 is 68.5 Å². The molecule has 2 aliphatic carbocycles. The molecule has 0 saturated carbocycles. The highest BCUT2D eigenvalue weighted by molar-refractivity contribution is 7.24. The van der Waals surface area contributed by atoms with Gasteiger partial charge < -0.3 is 5.73 Å². The maximum atomic E-state index is 7.13. The average Bonchev–Trinajstić information content (AvgIpc) is 3.58. The number of hydrogen-bond donors (Lipinski definition) is 1. The molecule has 7 heteroatoms. The average molecular weight is 629 g/mol. The summed E-state index contributed by atoms with van der Waals surface area (Å²) in [5, 5.41) is 4.69. The van der Waals surface area contributed by atoms with Crippen molar-refractivity contribution >= 4 is 99.8 Å². The van der Waals surface area contributed by atoms with Crippen LogP contribution in [0.4, 0.5) is 5.00 Å². The summed E-state index contributed by atoms with van der Waals surface area (Å²) >= 11 is 21.6. The number of aryl methyl sites for hydroxylation is 4. The molecule has 0 spiro atoms. The van der Waals surface area contributed by atoms with Crippen LogP contribution in [-0.2, 0) is 32.1 Å². The number of halogens is 2. The van der Waals surface area contributed by atoms with Gasteiger partial charge in [0.25, 0.3) is 0 Å². The van der Waals surface area contributed by atoms with E-state index in [1.54, 1.807) is 21.8 Å². The minimum Gasteiger partial charge on any atom is -0.389 e. The maximum Gasteiger partial charge on any atom is 0.106 e. The van der Waals surface area contributed by atoms with Crippen molar-refractivity contribution in [2.24, 2.45) is 0 Å². The molecule has 39 heavy (non-hydrogen) atoms. The normalized spacial score (nSPS) is 15.9. The lowest BCUT2D eigenvalue weighted by Crippen LogP contribution is -1.94. The Balaban J connectivity index is 1.40. The molecular formula is C32H31Cl2NS4. The molecular weight excluding hydrogens is 598 g/mol. The van der Waals surface area contributed by atoms with Crippen LogP contribution in [0.1, 0.15) is 85.2 Å². The zero-order valence-corrected chi connectivity index (χ0v) is 26.8. The molecule has 2 aliphatic rings. The first-order valence-electron chi connectivity index (χ1n) is 14.0. The summed E-state index contributed by atoms with van der Waals surface area (Å²) in [6, 6.07) is 4.87.